The Balaban J connectivity index is 1.40. The summed E-state index contributed by atoms with van der Waals surface area (Å²) in [7, 11) is 0. The maximum atomic E-state index is 12.6. The molecule has 0 radical (unpaired) electrons. The number of piperidine rings is 1. The number of aromatic nitrogens is 1. The van der Waals surface area contributed by atoms with Crippen molar-refractivity contribution < 1.29 is 9.59 Å². The standard InChI is InChI=1S/C22H26N4O2/c1-14-4-11-19(20(23)24-14)15-5-7-16(8-6-15)21(27)25-18-3-2-12-26(13-18)22(28)17-9-10-17/h4-8,11,17-18H,2-3,9-10,12-13H2,1H3,(H2,23,24)(H,25,27)/t18-/m1/s1. The smallest absolute Gasteiger partial charge is 0.251 e. The Labute approximate surface area is 165 Å². The summed E-state index contributed by atoms with van der Waals surface area (Å²) in [5.41, 5.74) is 9.29. The Morgan fingerprint density at radius 2 is 1.86 bits per heavy atom. The van der Waals surface area contributed by atoms with E-state index in [2.05, 4.69) is 10.3 Å². The first-order valence-electron chi connectivity index (χ1n) is 9.94. The van der Waals surface area contributed by atoms with E-state index in [1.807, 2.05) is 36.1 Å². The zero-order chi connectivity index (χ0) is 19.7. The molecule has 2 amide bonds. The highest BCUT2D eigenvalue weighted by atomic mass is 16.2. The zero-order valence-corrected chi connectivity index (χ0v) is 16.1. The highest BCUT2D eigenvalue weighted by Crippen LogP contribution is 2.32. The first-order chi connectivity index (χ1) is 13.5. The van der Waals surface area contributed by atoms with E-state index in [0.29, 0.717) is 17.9 Å². The van der Waals surface area contributed by atoms with Gasteiger partial charge in [-0.2, -0.15) is 0 Å². The molecule has 6 heteroatoms. The van der Waals surface area contributed by atoms with E-state index in [0.717, 1.165) is 49.0 Å². The molecule has 1 aromatic carbocycles. The van der Waals surface area contributed by atoms with Gasteiger partial charge in [0, 0.05) is 41.9 Å². The van der Waals surface area contributed by atoms with E-state index < -0.39 is 0 Å². The number of pyridine rings is 1. The number of benzene rings is 1. The molecule has 1 saturated heterocycles. The van der Waals surface area contributed by atoms with Crippen LogP contribution >= 0.6 is 0 Å². The minimum Gasteiger partial charge on any atom is -0.383 e. The van der Waals surface area contributed by atoms with Gasteiger partial charge in [0.2, 0.25) is 5.91 Å². The number of likely N-dealkylation sites (tertiary alicyclic amines) is 1. The van der Waals surface area contributed by atoms with Crippen molar-refractivity contribution in [3.8, 4) is 11.1 Å². The monoisotopic (exact) mass is 378 g/mol. The van der Waals surface area contributed by atoms with Crippen molar-refractivity contribution in [3.05, 3.63) is 47.7 Å². The fourth-order valence-electron chi connectivity index (χ4n) is 3.77. The zero-order valence-electron chi connectivity index (χ0n) is 16.1. The van der Waals surface area contributed by atoms with Crippen LogP contribution in [0.1, 0.15) is 41.7 Å². The predicted molar refractivity (Wildman–Crippen MR) is 109 cm³/mol. The van der Waals surface area contributed by atoms with Gasteiger partial charge in [-0.15, -0.1) is 0 Å². The van der Waals surface area contributed by atoms with Crippen LogP contribution in [0.4, 0.5) is 5.82 Å². The largest absolute Gasteiger partial charge is 0.383 e. The van der Waals surface area contributed by atoms with Crippen LogP contribution in [0.5, 0.6) is 0 Å². The van der Waals surface area contributed by atoms with E-state index in [-0.39, 0.29) is 23.8 Å². The second-order valence-corrected chi connectivity index (χ2v) is 7.83. The molecule has 2 aliphatic rings. The van der Waals surface area contributed by atoms with E-state index in [1.165, 1.54) is 0 Å². The van der Waals surface area contributed by atoms with Crippen molar-refractivity contribution >= 4 is 17.6 Å². The summed E-state index contributed by atoms with van der Waals surface area (Å²) in [6.07, 6.45) is 3.87. The maximum Gasteiger partial charge on any atom is 0.251 e. The number of rotatable bonds is 4. The molecular formula is C22H26N4O2. The highest BCUT2D eigenvalue weighted by Gasteiger charge is 2.35. The number of carbonyl (C=O) groups is 2. The number of carbonyl (C=O) groups excluding carboxylic acids is 2. The van der Waals surface area contributed by atoms with Gasteiger partial charge in [-0.3, -0.25) is 9.59 Å². The first kappa shape index (κ1) is 18.5. The van der Waals surface area contributed by atoms with Crippen LogP contribution in [0.2, 0.25) is 0 Å². The lowest BCUT2D eigenvalue weighted by atomic mass is 10.0. The number of nitrogens with one attached hydrogen (secondary N) is 1. The van der Waals surface area contributed by atoms with Gasteiger partial charge in [0.15, 0.2) is 0 Å². The third kappa shape index (κ3) is 4.01. The molecule has 2 aromatic rings. The summed E-state index contributed by atoms with van der Waals surface area (Å²) >= 11 is 0. The number of aryl methyl sites for hydroxylation is 1. The molecule has 1 aromatic heterocycles. The number of nitrogens with two attached hydrogens (primary N) is 1. The van der Waals surface area contributed by atoms with Crippen LogP contribution in [0.15, 0.2) is 36.4 Å². The average molecular weight is 378 g/mol. The summed E-state index contributed by atoms with van der Waals surface area (Å²) in [6.45, 7) is 3.32. The molecule has 2 heterocycles. The van der Waals surface area contributed by atoms with Crippen molar-refractivity contribution in [2.45, 2.75) is 38.6 Å². The Hall–Kier alpha value is -2.89. The molecule has 1 saturated carbocycles. The second kappa shape index (κ2) is 7.62. The topological polar surface area (TPSA) is 88.3 Å². The van der Waals surface area contributed by atoms with Crippen LogP contribution in [0.3, 0.4) is 0 Å². The van der Waals surface area contributed by atoms with Crippen LogP contribution < -0.4 is 11.1 Å². The van der Waals surface area contributed by atoms with Gasteiger partial charge in [0.25, 0.3) is 5.91 Å². The Morgan fingerprint density at radius 3 is 2.54 bits per heavy atom. The summed E-state index contributed by atoms with van der Waals surface area (Å²) in [5.74, 6) is 0.866. The lowest BCUT2D eigenvalue weighted by Crippen LogP contribution is -2.50. The van der Waals surface area contributed by atoms with Crippen molar-refractivity contribution in [3.63, 3.8) is 0 Å². The molecule has 6 nitrogen and oxygen atoms in total. The molecule has 1 aliphatic carbocycles. The van der Waals surface area contributed by atoms with Gasteiger partial charge in [0.1, 0.15) is 5.82 Å². The predicted octanol–water partition coefficient (Wildman–Crippen LogP) is 2.77. The highest BCUT2D eigenvalue weighted by molar-refractivity contribution is 5.95. The normalized spacial score (nSPS) is 19.3. The van der Waals surface area contributed by atoms with Gasteiger partial charge in [-0.25, -0.2) is 4.98 Å². The van der Waals surface area contributed by atoms with Gasteiger partial charge in [-0.1, -0.05) is 12.1 Å². The second-order valence-electron chi connectivity index (χ2n) is 7.83. The van der Waals surface area contributed by atoms with E-state index in [4.69, 9.17) is 5.73 Å². The maximum absolute atomic E-state index is 12.6. The third-order valence-corrected chi connectivity index (χ3v) is 5.52. The molecule has 146 valence electrons. The van der Waals surface area contributed by atoms with Crippen molar-refractivity contribution in [2.75, 3.05) is 18.8 Å². The third-order valence-electron chi connectivity index (χ3n) is 5.52. The molecule has 1 aliphatic heterocycles. The SMILES string of the molecule is Cc1ccc(-c2ccc(C(=O)N[C@@H]3CCCN(C(=O)C4CC4)C3)cc2)c(N)n1. The van der Waals surface area contributed by atoms with E-state index >= 15 is 0 Å². The van der Waals surface area contributed by atoms with Gasteiger partial charge in [0.05, 0.1) is 0 Å². The Kier molecular flexibility index (Phi) is 5.03. The Morgan fingerprint density at radius 1 is 1.11 bits per heavy atom. The number of anilines is 1. The number of amides is 2. The average Bonchev–Trinajstić information content (AvgIpc) is 3.53. The van der Waals surface area contributed by atoms with Crippen LogP contribution in [0.25, 0.3) is 11.1 Å². The van der Waals surface area contributed by atoms with Crippen LogP contribution in [0, 0.1) is 12.8 Å². The molecule has 0 unspecified atom stereocenters. The lowest BCUT2D eigenvalue weighted by Gasteiger charge is -2.33. The fourth-order valence-corrected chi connectivity index (χ4v) is 3.77. The number of hydrogen-bond donors (Lipinski definition) is 2. The van der Waals surface area contributed by atoms with Crippen LogP contribution in [-0.4, -0.2) is 40.8 Å². The lowest BCUT2D eigenvalue weighted by molar-refractivity contribution is -0.133. The van der Waals surface area contributed by atoms with Gasteiger partial charge in [-0.05, 0) is 62.4 Å². The van der Waals surface area contributed by atoms with Gasteiger partial charge < -0.3 is 16.0 Å². The van der Waals surface area contributed by atoms with Crippen molar-refractivity contribution in [1.29, 1.82) is 0 Å². The van der Waals surface area contributed by atoms with Crippen LogP contribution in [-0.2, 0) is 4.79 Å². The number of nitrogen functional groups attached to an aromatic ring is 1. The molecule has 0 spiro atoms. The Bertz CT molecular complexity index is 890. The summed E-state index contributed by atoms with van der Waals surface area (Å²) < 4.78 is 0. The van der Waals surface area contributed by atoms with E-state index in [9.17, 15) is 9.59 Å². The summed E-state index contributed by atoms with van der Waals surface area (Å²) in [5, 5.41) is 3.09. The molecule has 4 rings (SSSR count). The summed E-state index contributed by atoms with van der Waals surface area (Å²) in [4.78, 5) is 31.1. The molecule has 2 fully saturated rings. The fraction of sp³-hybridized carbons (Fsp3) is 0.409. The summed E-state index contributed by atoms with van der Waals surface area (Å²) in [6, 6.07) is 11.3. The molecule has 1 atom stereocenters. The van der Waals surface area contributed by atoms with Crippen molar-refractivity contribution in [1.82, 2.24) is 15.2 Å². The molecule has 28 heavy (non-hydrogen) atoms. The molecule has 0 bridgehead atoms. The molecular weight excluding hydrogens is 352 g/mol. The quantitative estimate of drug-likeness (QED) is 0.856. The van der Waals surface area contributed by atoms with Crippen molar-refractivity contribution in [2.24, 2.45) is 5.92 Å². The number of hydrogen-bond acceptors (Lipinski definition) is 4. The number of nitrogens with zero attached hydrogens (tertiary/aromatic N) is 2. The molecule has 3 N–H and O–H groups in total. The van der Waals surface area contributed by atoms with Gasteiger partial charge >= 0.3 is 0 Å². The minimum atomic E-state index is -0.104. The minimum absolute atomic E-state index is 0.0144. The first-order valence-corrected chi connectivity index (χ1v) is 9.94. The van der Waals surface area contributed by atoms with E-state index in [1.54, 1.807) is 12.1 Å².